The van der Waals surface area contributed by atoms with Gasteiger partial charge in [-0.2, -0.15) is 0 Å². The molecule has 2 aliphatic heterocycles. The first-order valence-electron chi connectivity index (χ1n) is 11.0. The van der Waals surface area contributed by atoms with Crippen molar-refractivity contribution < 1.29 is 9.47 Å². The van der Waals surface area contributed by atoms with Gasteiger partial charge in [0, 0.05) is 31.6 Å². The normalized spacial score (nSPS) is 22.0. The summed E-state index contributed by atoms with van der Waals surface area (Å²) in [4.78, 5) is 8.62. The van der Waals surface area contributed by atoms with E-state index in [1.54, 1.807) is 11.3 Å². The van der Waals surface area contributed by atoms with Crippen LogP contribution in [0.2, 0.25) is 0 Å². The molecule has 0 spiro atoms. The lowest BCUT2D eigenvalue weighted by Gasteiger charge is -2.31. The number of morpholine rings is 1. The highest BCUT2D eigenvalue weighted by Gasteiger charge is 2.27. The Kier molecular flexibility index (Phi) is 4.89. The predicted octanol–water partition coefficient (Wildman–Crippen LogP) is 2.94. The number of nitrogens with zero attached hydrogens (tertiary/aromatic N) is 5. The number of thiophene rings is 1. The summed E-state index contributed by atoms with van der Waals surface area (Å²) in [5.41, 5.74) is 3.77. The van der Waals surface area contributed by atoms with E-state index in [9.17, 15) is 0 Å². The molecule has 2 fully saturated rings. The lowest BCUT2D eigenvalue weighted by molar-refractivity contribution is 0.120. The van der Waals surface area contributed by atoms with Gasteiger partial charge in [0.1, 0.15) is 20.9 Å². The molecule has 5 heterocycles. The number of fused-ring (bicyclic) bond motifs is 5. The fourth-order valence-electron chi connectivity index (χ4n) is 4.93. The average molecular weight is 427 g/mol. The van der Waals surface area contributed by atoms with E-state index in [1.807, 2.05) is 0 Å². The molecule has 30 heavy (non-hydrogen) atoms. The van der Waals surface area contributed by atoms with Crippen LogP contribution in [0.15, 0.2) is 0 Å². The highest BCUT2D eigenvalue weighted by atomic mass is 32.1. The Bertz CT molecular complexity index is 1070. The van der Waals surface area contributed by atoms with Crippen LogP contribution in [0.1, 0.15) is 36.8 Å². The molecule has 0 saturated carbocycles. The predicted molar refractivity (Wildman–Crippen MR) is 118 cm³/mol. The maximum Gasteiger partial charge on any atom is 0.170 e. The van der Waals surface area contributed by atoms with E-state index < -0.39 is 0 Å². The summed E-state index contributed by atoms with van der Waals surface area (Å²) in [6, 6.07) is 0. The maximum atomic E-state index is 5.75. The van der Waals surface area contributed by atoms with Crippen molar-refractivity contribution in [3.05, 3.63) is 11.1 Å². The topological polar surface area (TPSA) is 85.3 Å². The minimum Gasteiger partial charge on any atom is -0.378 e. The van der Waals surface area contributed by atoms with Gasteiger partial charge in [-0.25, -0.2) is 4.98 Å². The molecule has 3 aliphatic rings. The molecule has 3 aromatic rings. The molecule has 158 valence electrons. The quantitative estimate of drug-likeness (QED) is 0.682. The molecule has 0 amide bonds. The fourth-order valence-corrected chi connectivity index (χ4v) is 6.03. The molecule has 0 unspecified atom stereocenters. The Morgan fingerprint density at radius 2 is 1.90 bits per heavy atom. The molecule has 0 aromatic carbocycles. The second-order valence-corrected chi connectivity index (χ2v) is 9.31. The van der Waals surface area contributed by atoms with E-state index in [0.29, 0.717) is 0 Å². The van der Waals surface area contributed by atoms with Crippen LogP contribution in [-0.4, -0.2) is 66.0 Å². The average Bonchev–Trinajstić information content (AvgIpc) is 3.45. The van der Waals surface area contributed by atoms with Gasteiger partial charge >= 0.3 is 0 Å². The molecule has 1 atom stereocenters. The number of pyridine rings is 1. The smallest absolute Gasteiger partial charge is 0.170 e. The Morgan fingerprint density at radius 1 is 1.03 bits per heavy atom. The summed E-state index contributed by atoms with van der Waals surface area (Å²) >= 11 is 1.68. The first-order chi connectivity index (χ1) is 14.9. The van der Waals surface area contributed by atoms with Crippen molar-refractivity contribution in [3.8, 4) is 0 Å². The molecular formula is C21H26N6O2S. The molecule has 9 heteroatoms. The minimum absolute atomic E-state index is 0.253. The first-order valence-corrected chi connectivity index (χ1v) is 11.9. The maximum absolute atomic E-state index is 5.75. The van der Waals surface area contributed by atoms with Gasteiger partial charge < -0.3 is 19.7 Å². The van der Waals surface area contributed by atoms with E-state index in [1.165, 1.54) is 29.4 Å². The van der Waals surface area contributed by atoms with Crippen molar-refractivity contribution >= 4 is 43.4 Å². The molecule has 2 saturated heterocycles. The van der Waals surface area contributed by atoms with E-state index in [0.717, 1.165) is 91.8 Å². The van der Waals surface area contributed by atoms with Crippen LogP contribution in [-0.2, 0) is 22.3 Å². The number of nitrogens with one attached hydrogen (secondary N) is 1. The van der Waals surface area contributed by atoms with Crippen LogP contribution in [0.25, 0.3) is 20.4 Å². The summed E-state index contributed by atoms with van der Waals surface area (Å²) in [6.45, 7) is 4.97. The van der Waals surface area contributed by atoms with Gasteiger partial charge in [-0.3, -0.25) is 0 Å². The van der Waals surface area contributed by atoms with Gasteiger partial charge in [0.2, 0.25) is 0 Å². The van der Waals surface area contributed by atoms with Gasteiger partial charge in [0.15, 0.2) is 5.82 Å². The van der Waals surface area contributed by atoms with Crippen molar-refractivity contribution in [3.63, 3.8) is 0 Å². The summed E-state index contributed by atoms with van der Waals surface area (Å²) in [6.07, 6.45) is 7.09. The number of anilines is 2. The number of rotatable bonds is 4. The van der Waals surface area contributed by atoms with Crippen molar-refractivity contribution in [2.45, 2.75) is 44.6 Å². The van der Waals surface area contributed by atoms with Gasteiger partial charge in [0.05, 0.1) is 19.3 Å². The Labute approximate surface area is 179 Å². The number of hydrogen-bond donors (Lipinski definition) is 1. The highest BCUT2D eigenvalue weighted by molar-refractivity contribution is 7.26. The molecule has 8 nitrogen and oxygen atoms in total. The van der Waals surface area contributed by atoms with Crippen LogP contribution in [0, 0.1) is 0 Å². The van der Waals surface area contributed by atoms with Crippen molar-refractivity contribution in [2.75, 3.05) is 49.7 Å². The molecule has 6 rings (SSSR count). The van der Waals surface area contributed by atoms with E-state index >= 15 is 0 Å². The van der Waals surface area contributed by atoms with Crippen LogP contribution < -0.4 is 10.2 Å². The standard InChI is InChI=1S/C21H26N6O2S/c1-2-6-15-14(5-1)16-17-18(19(25-26-24-17)22-12-13-4-3-9-29-13)30-21(16)23-20(15)27-7-10-28-11-8-27/h13H,1-12H2,(H,22,24,25)/t13-/m1/s1. The van der Waals surface area contributed by atoms with Gasteiger partial charge in [-0.1, -0.05) is 0 Å². The third kappa shape index (κ3) is 3.19. The van der Waals surface area contributed by atoms with Crippen molar-refractivity contribution in [1.82, 2.24) is 20.4 Å². The molecule has 1 N–H and O–H groups in total. The van der Waals surface area contributed by atoms with Gasteiger partial charge in [-0.15, -0.1) is 21.5 Å². The number of aromatic nitrogens is 4. The van der Waals surface area contributed by atoms with Crippen LogP contribution in [0.5, 0.6) is 0 Å². The summed E-state index contributed by atoms with van der Waals surface area (Å²) in [5, 5.41) is 17.5. The Hall–Kier alpha value is -2.10. The molecular weight excluding hydrogens is 400 g/mol. The molecule has 3 aromatic heterocycles. The third-order valence-electron chi connectivity index (χ3n) is 6.45. The second kappa shape index (κ2) is 7.86. The Balaban J connectivity index is 1.46. The number of hydrogen-bond acceptors (Lipinski definition) is 9. The van der Waals surface area contributed by atoms with E-state index in [4.69, 9.17) is 14.5 Å². The summed E-state index contributed by atoms with van der Waals surface area (Å²) in [7, 11) is 0. The third-order valence-corrected chi connectivity index (χ3v) is 7.53. The lowest BCUT2D eigenvalue weighted by Crippen LogP contribution is -2.37. The minimum atomic E-state index is 0.253. The van der Waals surface area contributed by atoms with E-state index in [2.05, 4.69) is 25.6 Å². The van der Waals surface area contributed by atoms with Crippen LogP contribution in [0.3, 0.4) is 0 Å². The highest BCUT2D eigenvalue weighted by Crippen LogP contribution is 2.42. The van der Waals surface area contributed by atoms with E-state index in [-0.39, 0.29) is 6.10 Å². The van der Waals surface area contributed by atoms with Crippen molar-refractivity contribution in [2.24, 2.45) is 0 Å². The van der Waals surface area contributed by atoms with Gasteiger partial charge in [0.25, 0.3) is 0 Å². The zero-order chi connectivity index (χ0) is 19.9. The summed E-state index contributed by atoms with van der Waals surface area (Å²) in [5.74, 6) is 1.96. The van der Waals surface area contributed by atoms with Crippen LogP contribution >= 0.6 is 11.3 Å². The van der Waals surface area contributed by atoms with Crippen molar-refractivity contribution in [1.29, 1.82) is 0 Å². The fraction of sp³-hybridized carbons (Fsp3) is 0.619. The van der Waals surface area contributed by atoms with Crippen LogP contribution in [0.4, 0.5) is 11.6 Å². The molecule has 1 aliphatic carbocycles. The lowest BCUT2D eigenvalue weighted by atomic mass is 9.90. The summed E-state index contributed by atoms with van der Waals surface area (Å²) < 4.78 is 12.4. The number of aryl methyl sites for hydroxylation is 1. The molecule has 0 bridgehead atoms. The largest absolute Gasteiger partial charge is 0.378 e. The van der Waals surface area contributed by atoms with Gasteiger partial charge in [-0.05, 0) is 54.9 Å². The zero-order valence-corrected chi connectivity index (χ0v) is 17.8. The number of ether oxygens (including phenoxy) is 2. The zero-order valence-electron chi connectivity index (χ0n) is 17.0. The SMILES string of the molecule is C1CCc2c(c(N3CCOCC3)nc3sc4c(NC[C@H]5CCCO5)nnnc4c23)C1. The monoisotopic (exact) mass is 426 g/mol. The molecule has 0 radical (unpaired) electrons. The Morgan fingerprint density at radius 3 is 2.73 bits per heavy atom. The second-order valence-electron chi connectivity index (χ2n) is 8.31. The first kappa shape index (κ1) is 18.7.